The first-order valence-electron chi connectivity index (χ1n) is 10.3. The van der Waals surface area contributed by atoms with Gasteiger partial charge in [0.1, 0.15) is 11.5 Å². The fourth-order valence-corrected chi connectivity index (χ4v) is 3.91. The highest BCUT2D eigenvalue weighted by molar-refractivity contribution is 6.46. The lowest BCUT2D eigenvalue weighted by molar-refractivity contribution is -0.140. The second-order valence-corrected chi connectivity index (χ2v) is 7.96. The summed E-state index contributed by atoms with van der Waals surface area (Å²) in [6, 6.07) is 11.5. The number of anilines is 1. The van der Waals surface area contributed by atoms with E-state index in [-0.39, 0.29) is 24.5 Å². The van der Waals surface area contributed by atoms with Gasteiger partial charge >= 0.3 is 0 Å². The zero-order valence-electron chi connectivity index (χ0n) is 18.6. The van der Waals surface area contributed by atoms with Crippen LogP contribution in [0.25, 0.3) is 5.76 Å². The number of likely N-dealkylation sites (tertiary alicyclic amines) is 1. The molecule has 0 aromatic heterocycles. The molecule has 7 nitrogen and oxygen atoms in total. The van der Waals surface area contributed by atoms with Crippen molar-refractivity contribution in [1.82, 2.24) is 4.90 Å². The Balaban J connectivity index is 2.12. The predicted octanol–water partition coefficient (Wildman–Crippen LogP) is 3.87. The summed E-state index contributed by atoms with van der Waals surface area (Å²) in [7, 11) is 5.38. The highest BCUT2D eigenvalue weighted by Crippen LogP contribution is 2.40. The molecule has 170 valence electrons. The molecule has 1 aliphatic heterocycles. The van der Waals surface area contributed by atoms with E-state index in [1.807, 2.05) is 50.2 Å². The largest absolute Gasteiger partial charge is 0.507 e. The van der Waals surface area contributed by atoms with Crippen LogP contribution in [-0.4, -0.2) is 62.7 Å². The Labute approximate surface area is 192 Å². The van der Waals surface area contributed by atoms with Crippen LogP contribution in [0.2, 0.25) is 5.02 Å². The first-order valence-corrected chi connectivity index (χ1v) is 10.6. The maximum atomic E-state index is 13.0. The van der Waals surface area contributed by atoms with Crippen LogP contribution >= 0.6 is 11.6 Å². The number of ether oxygens (including phenoxy) is 2. The number of carbonyl (C=O) groups excluding carboxylic acids is 2. The Kier molecular flexibility index (Phi) is 7.43. The van der Waals surface area contributed by atoms with E-state index < -0.39 is 17.7 Å². The van der Waals surface area contributed by atoms with Crippen molar-refractivity contribution in [3.63, 3.8) is 0 Å². The van der Waals surface area contributed by atoms with Gasteiger partial charge in [-0.25, -0.2) is 0 Å². The molecule has 32 heavy (non-hydrogen) atoms. The summed E-state index contributed by atoms with van der Waals surface area (Å²) in [5.41, 5.74) is 2.03. The molecule has 0 unspecified atom stereocenters. The van der Waals surface area contributed by atoms with E-state index in [1.165, 1.54) is 18.1 Å². The number of carbonyl (C=O) groups is 2. The van der Waals surface area contributed by atoms with Gasteiger partial charge in [-0.3, -0.25) is 9.59 Å². The fraction of sp³-hybridized carbons (Fsp3) is 0.333. The molecule has 0 bridgehead atoms. The van der Waals surface area contributed by atoms with Gasteiger partial charge in [-0.1, -0.05) is 23.7 Å². The van der Waals surface area contributed by atoms with Crippen molar-refractivity contribution < 1.29 is 24.2 Å². The number of amides is 1. The number of aliphatic hydroxyl groups is 1. The van der Waals surface area contributed by atoms with Crippen molar-refractivity contribution >= 4 is 34.7 Å². The van der Waals surface area contributed by atoms with E-state index in [9.17, 15) is 14.7 Å². The smallest absolute Gasteiger partial charge is 0.295 e. The predicted molar refractivity (Wildman–Crippen MR) is 124 cm³/mol. The van der Waals surface area contributed by atoms with E-state index in [4.69, 9.17) is 21.1 Å². The number of hydrogen-bond donors (Lipinski definition) is 1. The number of ketones is 1. The van der Waals surface area contributed by atoms with Crippen molar-refractivity contribution in [3.05, 3.63) is 64.2 Å². The molecule has 1 aliphatic rings. The summed E-state index contributed by atoms with van der Waals surface area (Å²) in [4.78, 5) is 29.2. The van der Waals surface area contributed by atoms with Crippen molar-refractivity contribution in [2.24, 2.45) is 0 Å². The lowest BCUT2D eigenvalue weighted by Gasteiger charge is -2.25. The highest BCUT2D eigenvalue weighted by atomic mass is 35.5. The maximum absolute atomic E-state index is 13.0. The Bertz CT molecular complexity index is 1030. The molecule has 1 heterocycles. The molecule has 0 aliphatic carbocycles. The lowest BCUT2D eigenvalue weighted by atomic mass is 9.95. The van der Waals surface area contributed by atoms with Gasteiger partial charge in [0.05, 0.1) is 29.9 Å². The monoisotopic (exact) mass is 458 g/mol. The lowest BCUT2D eigenvalue weighted by Crippen LogP contribution is -2.32. The second kappa shape index (κ2) is 10.1. The van der Waals surface area contributed by atoms with Crippen LogP contribution in [0.5, 0.6) is 5.75 Å². The minimum Gasteiger partial charge on any atom is -0.507 e. The first kappa shape index (κ1) is 23.6. The third-order valence-electron chi connectivity index (χ3n) is 5.31. The molecule has 2 aromatic carbocycles. The van der Waals surface area contributed by atoms with Gasteiger partial charge in [0.25, 0.3) is 11.7 Å². The highest BCUT2D eigenvalue weighted by Gasteiger charge is 2.45. The summed E-state index contributed by atoms with van der Waals surface area (Å²) in [5, 5.41) is 11.4. The molecule has 3 rings (SSSR count). The number of hydrogen-bond acceptors (Lipinski definition) is 6. The molecular formula is C24H27ClN2O5. The number of rotatable bonds is 8. The Morgan fingerprint density at radius 2 is 1.84 bits per heavy atom. The summed E-state index contributed by atoms with van der Waals surface area (Å²) in [5.74, 6) is -1.23. The summed E-state index contributed by atoms with van der Waals surface area (Å²) >= 11 is 6.28. The molecule has 0 radical (unpaired) electrons. The zero-order chi connectivity index (χ0) is 23.4. The van der Waals surface area contributed by atoms with Crippen molar-refractivity contribution in [1.29, 1.82) is 0 Å². The molecule has 1 fully saturated rings. The molecule has 2 aromatic rings. The quantitative estimate of drug-likeness (QED) is 0.367. The molecule has 1 saturated heterocycles. The fourth-order valence-electron chi connectivity index (χ4n) is 3.68. The van der Waals surface area contributed by atoms with Crippen LogP contribution in [0.1, 0.15) is 24.1 Å². The van der Waals surface area contributed by atoms with Gasteiger partial charge < -0.3 is 24.4 Å². The topological polar surface area (TPSA) is 79.3 Å². The van der Waals surface area contributed by atoms with E-state index in [0.717, 1.165) is 5.69 Å². The number of Topliss-reactive ketones (excluding diaryl/α,β-unsaturated/α-hetero) is 1. The Morgan fingerprint density at radius 1 is 1.16 bits per heavy atom. The molecule has 1 amide bonds. The minimum absolute atomic E-state index is 0.0175. The maximum Gasteiger partial charge on any atom is 0.295 e. The minimum atomic E-state index is -0.745. The van der Waals surface area contributed by atoms with Crippen LogP contribution in [0.3, 0.4) is 0 Å². The van der Waals surface area contributed by atoms with E-state index in [0.29, 0.717) is 28.5 Å². The third kappa shape index (κ3) is 4.59. The van der Waals surface area contributed by atoms with Crippen LogP contribution in [0, 0.1) is 0 Å². The standard InChI is InChI=1S/C24H27ClN2O5/c1-5-32-19-11-8-16(14-18(19)25)22(28)20-21(15-6-9-17(10-7-15)26(2)3)27(12-13-31-4)24(30)23(20)29/h6-11,14,21,28H,5,12-13H2,1-4H3/t21-/m1/s1. The second-order valence-electron chi connectivity index (χ2n) is 7.55. The van der Waals surface area contributed by atoms with Crippen LogP contribution in [0.15, 0.2) is 48.0 Å². The number of benzene rings is 2. The van der Waals surface area contributed by atoms with Gasteiger partial charge in [0.15, 0.2) is 0 Å². The molecular weight excluding hydrogens is 432 g/mol. The molecule has 8 heteroatoms. The van der Waals surface area contributed by atoms with E-state index >= 15 is 0 Å². The van der Waals surface area contributed by atoms with Crippen molar-refractivity contribution in [3.8, 4) is 5.75 Å². The van der Waals surface area contributed by atoms with Gasteiger partial charge in [0.2, 0.25) is 0 Å². The molecule has 1 N–H and O–H groups in total. The number of aliphatic hydroxyl groups excluding tert-OH is 1. The van der Waals surface area contributed by atoms with Crippen LogP contribution in [0.4, 0.5) is 5.69 Å². The molecule has 0 spiro atoms. The first-order chi connectivity index (χ1) is 15.3. The SMILES string of the molecule is CCOc1ccc(C(O)=C2C(=O)C(=O)N(CCOC)[C@@H]2c2ccc(N(C)C)cc2)cc1Cl. The number of nitrogens with zero attached hydrogens (tertiary/aromatic N) is 2. The third-order valence-corrected chi connectivity index (χ3v) is 5.60. The van der Waals surface area contributed by atoms with Crippen LogP contribution in [-0.2, 0) is 14.3 Å². The van der Waals surface area contributed by atoms with Gasteiger partial charge in [-0.05, 0) is 42.8 Å². The van der Waals surface area contributed by atoms with Crippen molar-refractivity contribution in [2.45, 2.75) is 13.0 Å². The average Bonchev–Trinajstić information content (AvgIpc) is 3.03. The van der Waals surface area contributed by atoms with Crippen LogP contribution < -0.4 is 9.64 Å². The van der Waals surface area contributed by atoms with E-state index in [2.05, 4.69) is 0 Å². The van der Waals surface area contributed by atoms with Gasteiger partial charge in [-0.15, -0.1) is 0 Å². The van der Waals surface area contributed by atoms with Crippen molar-refractivity contribution in [2.75, 3.05) is 45.9 Å². The zero-order valence-corrected chi connectivity index (χ0v) is 19.3. The van der Waals surface area contributed by atoms with Gasteiger partial charge in [-0.2, -0.15) is 0 Å². The molecule has 1 atom stereocenters. The number of methoxy groups -OCH3 is 1. The number of halogens is 1. The summed E-state index contributed by atoms with van der Waals surface area (Å²) < 4.78 is 10.6. The molecule has 0 saturated carbocycles. The normalized spacial score (nSPS) is 17.7. The van der Waals surface area contributed by atoms with Gasteiger partial charge in [0, 0.05) is 39.0 Å². The van der Waals surface area contributed by atoms with E-state index in [1.54, 1.807) is 12.1 Å². The summed E-state index contributed by atoms with van der Waals surface area (Å²) in [6.45, 7) is 2.75. The average molecular weight is 459 g/mol. The Hall–Kier alpha value is -3.03. The summed E-state index contributed by atoms with van der Waals surface area (Å²) in [6.07, 6.45) is 0. The Morgan fingerprint density at radius 3 is 2.41 bits per heavy atom.